The van der Waals surface area contributed by atoms with Gasteiger partial charge in [0, 0.05) is 0 Å². The monoisotopic (exact) mass is 203 g/mol. The molecule has 0 saturated carbocycles. The summed E-state index contributed by atoms with van der Waals surface area (Å²) in [5.74, 6) is 0. The first-order valence-corrected chi connectivity index (χ1v) is 0.565. The zero-order valence-electron chi connectivity index (χ0n) is 4.42. The van der Waals surface area contributed by atoms with E-state index in [0.717, 1.165) is 0 Å². The van der Waals surface area contributed by atoms with Crippen molar-refractivity contribution >= 4 is 48.9 Å². The largest absolute Gasteiger partial charge is 2.00 e. The van der Waals surface area contributed by atoms with Gasteiger partial charge < -0.3 is 8.06 Å². The molecular weight excluding hydrogens is 199 g/mol. The minimum atomic E-state index is -1.50. The molecule has 0 heterocycles. The zero-order valence-corrected chi connectivity index (χ0v) is 6.86. The molecule has 0 unspecified atom stereocenters. The van der Waals surface area contributed by atoms with E-state index in [1.165, 1.54) is 0 Å². The van der Waals surface area contributed by atoms with Crippen LogP contribution >= 0.6 is 0 Å². The standard InChI is InChI=1S/Ba.HNO3.2H/c;2-1(3)4;;/h;(H,2,3,4);;/q+2;;2*-1. The average Bonchev–Trinajstić information content (AvgIpc) is 0.811. The number of hydrogen-bond acceptors (Lipinski definition) is 2. The number of nitrogens with zero attached hydrogens (tertiary/aromatic N) is 1. The summed E-state index contributed by atoms with van der Waals surface area (Å²) in [5.41, 5.74) is 0. The molecule has 0 amide bonds. The fourth-order valence-corrected chi connectivity index (χ4v) is 0. The van der Waals surface area contributed by atoms with E-state index in [9.17, 15) is 0 Å². The zero-order chi connectivity index (χ0) is 3.58. The van der Waals surface area contributed by atoms with E-state index in [1.807, 2.05) is 0 Å². The topological polar surface area (TPSA) is 63.4 Å². The molecule has 0 atom stereocenters. The maximum atomic E-state index is 8.36. The Morgan fingerprint density at radius 2 is 2.00 bits per heavy atom. The van der Waals surface area contributed by atoms with Crippen LogP contribution in [0.3, 0.4) is 0 Å². The summed E-state index contributed by atoms with van der Waals surface area (Å²) in [6.45, 7) is 0. The Hall–Kier alpha value is 0.771. The molecule has 0 bridgehead atoms. The Morgan fingerprint density at radius 3 is 2.00 bits per heavy atom. The first kappa shape index (κ1) is 9.24. The van der Waals surface area contributed by atoms with Gasteiger partial charge in [0.1, 0.15) is 0 Å². The molecule has 4 nitrogen and oxygen atoms in total. The van der Waals surface area contributed by atoms with E-state index in [2.05, 4.69) is 0 Å². The van der Waals surface area contributed by atoms with E-state index in [-0.39, 0.29) is 51.7 Å². The van der Waals surface area contributed by atoms with Gasteiger partial charge in [0.2, 0.25) is 0 Å². The molecule has 0 aliphatic carbocycles. The Kier molecular flexibility index (Phi) is 8.82. The molecule has 0 rings (SSSR count). The van der Waals surface area contributed by atoms with Crippen molar-refractivity contribution in [2.45, 2.75) is 0 Å². The van der Waals surface area contributed by atoms with Gasteiger partial charge in [-0.2, -0.15) is 0 Å². The molecule has 0 aliphatic rings. The van der Waals surface area contributed by atoms with Gasteiger partial charge in [-0.25, -0.2) is 0 Å². The van der Waals surface area contributed by atoms with Crippen molar-refractivity contribution in [3.05, 3.63) is 10.1 Å². The Balaban J connectivity index is -0.0000000150. The third kappa shape index (κ3) is 61.6. The summed E-state index contributed by atoms with van der Waals surface area (Å²) in [6.07, 6.45) is 0. The van der Waals surface area contributed by atoms with E-state index in [1.54, 1.807) is 0 Å². The average molecular weight is 202 g/mol. The van der Waals surface area contributed by atoms with Crippen LogP contribution in [-0.2, 0) is 0 Å². The molecule has 5 heteroatoms. The number of rotatable bonds is 0. The third-order valence-electron chi connectivity index (χ3n) is 0. The first-order valence-electron chi connectivity index (χ1n) is 0.565. The molecule has 0 spiro atoms. The molecule has 0 aliphatic heterocycles. The Bertz CT molecular complexity index is 35.9. The van der Waals surface area contributed by atoms with Crippen molar-refractivity contribution < 1.29 is 13.1 Å². The summed E-state index contributed by atoms with van der Waals surface area (Å²) in [5, 5.41) is 13.6. The molecular formula is H3BaNO3. The smallest absolute Gasteiger partial charge is 1.00 e. The third-order valence-corrected chi connectivity index (χ3v) is 0. The van der Waals surface area contributed by atoms with Crippen LogP contribution in [0.15, 0.2) is 0 Å². The molecule has 1 N–H and O–H groups in total. The van der Waals surface area contributed by atoms with E-state index >= 15 is 0 Å². The summed E-state index contributed by atoms with van der Waals surface area (Å²) < 4.78 is 0. The van der Waals surface area contributed by atoms with Gasteiger partial charge in [0.15, 0.2) is 0 Å². The molecule has 0 aromatic heterocycles. The minimum Gasteiger partial charge on any atom is -1.00 e. The summed E-state index contributed by atoms with van der Waals surface area (Å²) in [6, 6.07) is 0. The maximum absolute atomic E-state index is 8.36. The van der Waals surface area contributed by atoms with Crippen LogP contribution < -0.4 is 0 Å². The van der Waals surface area contributed by atoms with Crippen LogP contribution in [0.5, 0.6) is 0 Å². The SMILES string of the molecule is O=[N+]([O-])O.[Ba+2].[H-].[H-]. The van der Waals surface area contributed by atoms with Crippen LogP contribution in [0, 0.1) is 10.1 Å². The van der Waals surface area contributed by atoms with Crippen molar-refractivity contribution in [3.8, 4) is 0 Å². The summed E-state index contributed by atoms with van der Waals surface area (Å²) in [7, 11) is 0. The van der Waals surface area contributed by atoms with Crippen LogP contribution in [0.25, 0.3) is 0 Å². The van der Waals surface area contributed by atoms with Gasteiger partial charge in [-0.3, -0.25) is 0 Å². The maximum Gasteiger partial charge on any atom is 2.00 e. The van der Waals surface area contributed by atoms with Crippen LogP contribution in [-0.4, -0.2) is 59.2 Å². The van der Waals surface area contributed by atoms with Crippen molar-refractivity contribution in [1.29, 1.82) is 0 Å². The second-order valence-electron chi connectivity index (χ2n) is 0.238. The first-order chi connectivity index (χ1) is 1.73. The van der Waals surface area contributed by atoms with Gasteiger partial charge in [0.05, 0.1) is 0 Å². The van der Waals surface area contributed by atoms with Crippen molar-refractivity contribution in [2.75, 3.05) is 0 Å². The van der Waals surface area contributed by atoms with Crippen LogP contribution in [0.4, 0.5) is 0 Å². The fourth-order valence-electron chi connectivity index (χ4n) is 0. The van der Waals surface area contributed by atoms with Crippen LogP contribution in [0.2, 0.25) is 0 Å². The van der Waals surface area contributed by atoms with Crippen molar-refractivity contribution in [1.82, 2.24) is 0 Å². The predicted molar refractivity (Wildman–Crippen MR) is 16.8 cm³/mol. The second-order valence-corrected chi connectivity index (χ2v) is 0.238. The van der Waals surface area contributed by atoms with Crippen molar-refractivity contribution in [3.63, 3.8) is 0 Å². The van der Waals surface area contributed by atoms with E-state index in [0.29, 0.717) is 0 Å². The molecule has 0 fully saturated rings. The van der Waals surface area contributed by atoms with Gasteiger partial charge in [-0.1, -0.05) is 0 Å². The van der Waals surface area contributed by atoms with Crippen LogP contribution in [0.1, 0.15) is 2.85 Å². The van der Waals surface area contributed by atoms with Crippen molar-refractivity contribution in [2.24, 2.45) is 0 Å². The Morgan fingerprint density at radius 1 is 2.00 bits per heavy atom. The summed E-state index contributed by atoms with van der Waals surface area (Å²) >= 11 is 0. The van der Waals surface area contributed by atoms with E-state index in [4.69, 9.17) is 15.3 Å². The van der Waals surface area contributed by atoms with Gasteiger partial charge in [-0.05, 0) is 0 Å². The van der Waals surface area contributed by atoms with Gasteiger partial charge in [0.25, 0.3) is 5.09 Å². The van der Waals surface area contributed by atoms with E-state index < -0.39 is 5.09 Å². The molecule has 5 heavy (non-hydrogen) atoms. The quantitative estimate of drug-likeness (QED) is 0.327. The second kappa shape index (κ2) is 4.77. The fraction of sp³-hybridized carbons (Fsp3) is 0. The molecule has 0 radical (unpaired) electrons. The molecule has 28 valence electrons. The Labute approximate surface area is 71.3 Å². The molecule has 0 aromatic carbocycles. The number of hydrogen-bond donors (Lipinski definition) is 1. The molecule has 0 saturated heterocycles. The summed E-state index contributed by atoms with van der Waals surface area (Å²) in [4.78, 5) is 8.36. The predicted octanol–water partition coefficient (Wildman–Crippen LogP) is -0.504. The minimum absolute atomic E-state index is 0. The molecule has 0 aromatic rings. The van der Waals surface area contributed by atoms with Gasteiger partial charge >= 0.3 is 48.9 Å². The normalized spacial score (nSPS) is 4.80. The van der Waals surface area contributed by atoms with Gasteiger partial charge in [-0.15, -0.1) is 10.1 Å².